The molecular formula is C12H20N2O2S. The van der Waals surface area contributed by atoms with Crippen molar-refractivity contribution in [1.29, 1.82) is 0 Å². The van der Waals surface area contributed by atoms with Crippen LogP contribution >= 0.6 is 11.8 Å². The Labute approximate surface area is 106 Å². The molecule has 0 amide bonds. The van der Waals surface area contributed by atoms with E-state index >= 15 is 0 Å². The van der Waals surface area contributed by atoms with Gasteiger partial charge in [0.05, 0.1) is 5.75 Å². The van der Waals surface area contributed by atoms with Gasteiger partial charge in [0.25, 0.3) is 0 Å². The Hall–Kier alpha value is -0.970. The summed E-state index contributed by atoms with van der Waals surface area (Å²) in [4.78, 5) is 14.9. The van der Waals surface area contributed by atoms with E-state index < -0.39 is 5.97 Å². The van der Waals surface area contributed by atoms with Crippen LogP contribution in [0.3, 0.4) is 0 Å². The van der Waals surface area contributed by atoms with E-state index in [-0.39, 0.29) is 5.75 Å². The van der Waals surface area contributed by atoms with Gasteiger partial charge < -0.3 is 9.67 Å². The van der Waals surface area contributed by atoms with Crippen LogP contribution in [0.15, 0.2) is 11.4 Å². The fourth-order valence-corrected chi connectivity index (χ4v) is 2.82. The number of aliphatic carboxylic acids is 1. The molecule has 0 aliphatic carbocycles. The minimum Gasteiger partial charge on any atom is -0.481 e. The van der Waals surface area contributed by atoms with Gasteiger partial charge in [-0.15, -0.1) is 0 Å². The summed E-state index contributed by atoms with van der Waals surface area (Å²) < 4.78 is 2.13. The van der Waals surface area contributed by atoms with E-state index in [4.69, 9.17) is 5.11 Å². The fourth-order valence-electron chi connectivity index (χ4n) is 1.98. The van der Waals surface area contributed by atoms with Crippen molar-refractivity contribution in [2.45, 2.75) is 45.3 Å². The van der Waals surface area contributed by atoms with E-state index in [1.54, 1.807) is 6.20 Å². The Morgan fingerprint density at radius 3 is 2.71 bits per heavy atom. The number of imidazole rings is 1. The second kappa shape index (κ2) is 6.10. The summed E-state index contributed by atoms with van der Waals surface area (Å²) in [6.07, 6.45) is 2.87. The molecule has 0 spiro atoms. The number of rotatable bonds is 6. The number of nitrogens with zero attached hydrogens (tertiary/aromatic N) is 2. The highest BCUT2D eigenvalue weighted by molar-refractivity contribution is 7.99. The van der Waals surface area contributed by atoms with Crippen molar-refractivity contribution in [3.05, 3.63) is 11.9 Å². The van der Waals surface area contributed by atoms with Crippen LogP contribution in [-0.2, 0) is 4.79 Å². The SMILES string of the molecule is Cc1cnc(SCC(=O)O)n1C(C)CC(C)C. The summed E-state index contributed by atoms with van der Waals surface area (Å²) in [5.41, 5.74) is 1.09. The maximum absolute atomic E-state index is 10.6. The summed E-state index contributed by atoms with van der Waals surface area (Å²) in [7, 11) is 0. The molecule has 0 aliphatic heterocycles. The third kappa shape index (κ3) is 4.07. The summed E-state index contributed by atoms with van der Waals surface area (Å²) in [6, 6.07) is 0.355. The van der Waals surface area contributed by atoms with Crippen LogP contribution in [-0.4, -0.2) is 26.4 Å². The standard InChI is InChI=1S/C12H20N2O2S/c1-8(2)5-9(3)14-10(4)6-13-12(14)17-7-11(15)16/h6,8-9H,5,7H2,1-4H3,(H,15,16). The average molecular weight is 256 g/mol. The van der Waals surface area contributed by atoms with Gasteiger partial charge in [0.15, 0.2) is 5.16 Å². The monoisotopic (exact) mass is 256 g/mol. The maximum atomic E-state index is 10.6. The zero-order valence-corrected chi connectivity index (χ0v) is 11.6. The molecule has 4 nitrogen and oxygen atoms in total. The highest BCUT2D eigenvalue weighted by Gasteiger charge is 2.15. The van der Waals surface area contributed by atoms with E-state index in [1.165, 1.54) is 11.8 Å². The van der Waals surface area contributed by atoms with Gasteiger partial charge in [-0.3, -0.25) is 4.79 Å². The number of aromatic nitrogens is 2. The number of aryl methyl sites for hydroxylation is 1. The van der Waals surface area contributed by atoms with Crippen molar-refractivity contribution >= 4 is 17.7 Å². The molecule has 1 N–H and O–H groups in total. The predicted molar refractivity (Wildman–Crippen MR) is 69.5 cm³/mol. The van der Waals surface area contributed by atoms with Crippen molar-refractivity contribution in [2.24, 2.45) is 5.92 Å². The van der Waals surface area contributed by atoms with E-state index in [1.807, 2.05) is 6.92 Å². The minimum atomic E-state index is -0.807. The smallest absolute Gasteiger partial charge is 0.313 e. The van der Waals surface area contributed by atoms with Crippen LogP contribution in [0.4, 0.5) is 0 Å². The van der Waals surface area contributed by atoms with Crippen LogP contribution in [0.2, 0.25) is 0 Å². The lowest BCUT2D eigenvalue weighted by Crippen LogP contribution is -2.11. The normalized spacial score (nSPS) is 13.0. The van der Waals surface area contributed by atoms with Crippen molar-refractivity contribution in [2.75, 3.05) is 5.75 Å². The van der Waals surface area contributed by atoms with E-state index in [9.17, 15) is 4.79 Å². The predicted octanol–water partition coefficient (Wildman–Crippen LogP) is 2.98. The molecule has 0 saturated heterocycles. The molecule has 1 aromatic rings. The molecule has 0 fully saturated rings. The molecule has 5 heteroatoms. The lowest BCUT2D eigenvalue weighted by Gasteiger charge is -2.19. The molecule has 0 bridgehead atoms. The molecule has 96 valence electrons. The Morgan fingerprint density at radius 1 is 1.53 bits per heavy atom. The number of hydrogen-bond donors (Lipinski definition) is 1. The Balaban J connectivity index is 2.81. The molecule has 0 radical (unpaired) electrons. The first kappa shape index (κ1) is 14.1. The van der Waals surface area contributed by atoms with Gasteiger partial charge in [-0.2, -0.15) is 0 Å². The van der Waals surface area contributed by atoms with Crippen LogP contribution in [0, 0.1) is 12.8 Å². The average Bonchev–Trinajstić information content (AvgIpc) is 2.55. The highest BCUT2D eigenvalue weighted by Crippen LogP contribution is 2.26. The van der Waals surface area contributed by atoms with Crippen LogP contribution in [0.1, 0.15) is 38.9 Å². The largest absolute Gasteiger partial charge is 0.481 e. The van der Waals surface area contributed by atoms with E-state index in [2.05, 4.69) is 30.3 Å². The molecule has 1 rings (SSSR count). The minimum absolute atomic E-state index is 0.0604. The van der Waals surface area contributed by atoms with E-state index in [0.29, 0.717) is 12.0 Å². The van der Waals surface area contributed by atoms with Gasteiger partial charge in [-0.1, -0.05) is 25.6 Å². The number of carboxylic acid groups (broad SMARTS) is 1. The maximum Gasteiger partial charge on any atom is 0.313 e. The molecule has 1 unspecified atom stereocenters. The first-order chi connectivity index (χ1) is 7.91. The van der Waals surface area contributed by atoms with Crippen LogP contribution in [0.25, 0.3) is 0 Å². The lowest BCUT2D eigenvalue weighted by atomic mass is 10.1. The van der Waals surface area contributed by atoms with Gasteiger partial charge in [0.1, 0.15) is 0 Å². The Kier molecular flexibility index (Phi) is 5.05. The fraction of sp³-hybridized carbons (Fsp3) is 0.667. The lowest BCUT2D eigenvalue weighted by molar-refractivity contribution is -0.133. The second-order valence-electron chi connectivity index (χ2n) is 4.71. The summed E-state index contributed by atoms with van der Waals surface area (Å²) >= 11 is 1.28. The molecule has 0 aromatic carbocycles. The zero-order valence-electron chi connectivity index (χ0n) is 10.8. The third-order valence-corrected chi connectivity index (χ3v) is 3.48. The number of hydrogen-bond acceptors (Lipinski definition) is 3. The number of carbonyl (C=O) groups is 1. The molecule has 0 aliphatic rings. The molecule has 1 atom stereocenters. The Bertz CT molecular complexity index is 388. The van der Waals surface area contributed by atoms with Crippen LogP contribution < -0.4 is 0 Å². The first-order valence-corrected chi connectivity index (χ1v) is 6.78. The molecular weight excluding hydrogens is 236 g/mol. The van der Waals surface area contributed by atoms with E-state index in [0.717, 1.165) is 17.3 Å². The van der Waals surface area contributed by atoms with Gasteiger partial charge in [-0.05, 0) is 26.2 Å². The van der Waals surface area contributed by atoms with Crippen LogP contribution in [0.5, 0.6) is 0 Å². The summed E-state index contributed by atoms with van der Waals surface area (Å²) in [6.45, 7) is 8.54. The topological polar surface area (TPSA) is 55.1 Å². The summed E-state index contributed by atoms with van der Waals surface area (Å²) in [5, 5.41) is 9.50. The van der Waals surface area contributed by atoms with Gasteiger partial charge in [0.2, 0.25) is 0 Å². The van der Waals surface area contributed by atoms with Gasteiger partial charge in [0, 0.05) is 17.9 Å². The Morgan fingerprint density at radius 2 is 2.18 bits per heavy atom. The van der Waals surface area contributed by atoms with Gasteiger partial charge in [-0.25, -0.2) is 4.98 Å². The third-order valence-electron chi connectivity index (χ3n) is 2.53. The molecule has 1 aromatic heterocycles. The highest BCUT2D eigenvalue weighted by atomic mass is 32.2. The molecule has 0 saturated carbocycles. The number of carboxylic acids is 1. The van der Waals surface area contributed by atoms with Crippen molar-refractivity contribution < 1.29 is 9.90 Å². The van der Waals surface area contributed by atoms with Crippen molar-refractivity contribution in [3.8, 4) is 0 Å². The first-order valence-electron chi connectivity index (χ1n) is 5.80. The summed E-state index contributed by atoms with van der Waals surface area (Å²) in [5.74, 6) is -0.131. The molecule has 17 heavy (non-hydrogen) atoms. The van der Waals surface area contributed by atoms with Gasteiger partial charge >= 0.3 is 5.97 Å². The number of thioether (sulfide) groups is 1. The quantitative estimate of drug-likeness (QED) is 0.795. The van der Waals surface area contributed by atoms with Crippen molar-refractivity contribution in [1.82, 2.24) is 9.55 Å². The second-order valence-corrected chi connectivity index (χ2v) is 5.66. The van der Waals surface area contributed by atoms with Crippen molar-refractivity contribution in [3.63, 3.8) is 0 Å². The zero-order chi connectivity index (χ0) is 13.0. The molecule has 1 heterocycles.